The third-order valence-electron chi connectivity index (χ3n) is 0.606. The van der Waals surface area contributed by atoms with Crippen molar-refractivity contribution in [1.29, 1.82) is 0 Å². The summed E-state index contributed by atoms with van der Waals surface area (Å²) in [6, 6.07) is 0. The Morgan fingerprint density at radius 2 is 2.57 bits per heavy atom. The Morgan fingerprint density at radius 3 is 2.86 bits per heavy atom. The van der Waals surface area contributed by atoms with Gasteiger partial charge in [0.2, 0.25) is 0 Å². The second kappa shape index (κ2) is 2.29. The van der Waals surface area contributed by atoms with E-state index in [1.807, 2.05) is 6.20 Å². The molecule has 0 atom stereocenters. The van der Waals surface area contributed by atoms with Crippen LogP contribution in [0.25, 0.3) is 0 Å². The minimum absolute atomic E-state index is 0.840. The van der Waals surface area contributed by atoms with Crippen molar-refractivity contribution in [2.24, 2.45) is 2.85 Å². The fourth-order valence-corrected chi connectivity index (χ4v) is 0.771. The molecule has 7 heavy (non-hydrogen) atoms. The van der Waals surface area contributed by atoms with Crippen LogP contribution in [0.4, 0.5) is 0 Å². The summed E-state index contributed by atoms with van der Waals surface area (Å²) in [6.45, 7) is 0. The number of hydrogen-bond donors (Lipinski definition) is 0. The average Bonchev–Trinajstić information content (AvgIpc) is 2.14. The van der Waals surface area contributed by atoms with Crippen LogP contribution in [0.5, 0.6) is 0 Å². The molecule has 0 bridgehead atoms. The first-order valence-corrected chi connectivity index (χ1v) is 3.53. The van der Waals surface area contributed by atoms with Gasteiger partial charge >= 0.3 is 56.8 Å². The fourth-order valence-electron chi connectivity index (χ4n) is 0.311. The van der Waals surface area contributed by atoms with Crippen molar-refractivity contribution in [2.45, 2.75) is 0 Å². The van der Waals surface area contributed by atoms with Gasteiger partial charge in [-0.25, -0.2) is 0 Å². The van der Waals surface area contributed by atoms with Gasteiger partial charge in [0.15, 0.2) is 0 Å². The summed E-state index contributed by atoms with van der Waals surface area (Å²) >= 11 is 0.840. The van der Waals surface area contributed by atoms with E-state index in [1.54, 1.807) is 17.2 Å². The Bertz CT molecular complexity index is 145. The van der Waals surface area contributed by atoms with Crippen LogP contribution in [0.15, 0.2) is 21.6 Å². The van der Waals surface area contributed by atoms with Gasteiger partial charge in [-0.05, 0) is 0 Å². The molecule has 3 nitrogen and oxygen atoms in total. The fraction of sp³-hybridized carbons (Fsp3) is 0. The van der Waals surface area contributed by atoms with E-state index >= 15 is 0 Å². The number of nitrogens with zero attached hydrogens (tertiary/aromatic N) is 3. The normalized spacial score (nSPS) is 8.57. The summed E-state index contributed by atoms with van der Waals surface area (Å²) in [5.74, 6) is 0. The van der Waals surface area contributed by atoms with Gasteiger partial charge < -0.3 is 0 Å². The van der Waals surface area contributed by atoms with Crippen molar-refractivity contribution in [3.05, 3.63) is 18.7 Å². The number of rotatable bonds is 1. The van der Waals surface area contributed by atoms with Crippen LogP contribution in [0.2, 0.25) is 0 Å². The molecule has 1 rings (SSSR count). The third-order valence-corrected chi connectivity index (χ3v) is 1.50. The van der Waals surface area contributed by atoms with E-state index in [0.717, 1.165) is 25.6 Å². The molecule has 4 heteroatoms. The Kier molecular flexibility index (Phi) is 1.66. The Hall–Kier alpha value is -0.0679. The molecule has 0 saturated heterocycles. The van der Waals surface area contributed by atoms with E-state index in [1.165, 1.54) is 0 Å². The van der Waals surface area contributed by atoms with E-state index < -0.39 is 0 Å². The third kappa shape index (κ3) is 1.15. The van der Waals surface area contributed by atoms with Crippen LogP contribution in [-0.4, -0.2) is 35.3 Å². The predicted molar refractivity (Wildman–Crippen MR) is 25.8 cm³/mol. The molecular formula is C3H3N3Pb. The van der Waals surface area contributed by atoms with Crippen LogP contribution in [0.3, 0.4) is 0 Å². The maximum atomic E-state index is 3.92. The van der Waals surface area contributed by atoms with Crippen LogP contribution >= 0.6 is 0 Å². The van der Waals surface area contributed by atoms with E-state index in [4.69, 9.17) is 0 Å². The second-order valence-electron chi connectivity index (χ2n) is 1.04. The van der Waals surface area contributed by atoms with Gasteiger partial charge in [0, 0.05) is 0 Å². The molecule has 0 aliphatic rings. The number of hydrogen-bond acceptors (Lipinski definition) is 2. The molecule has 0 aliphatic carbocycles. The van der Waals surface area contributed by atoms with Gasteiger partial charge in [0.1, 0.15) is 0 Å². The maximum absolute atomic E-state index is 3.92. The van der Waals surface area contributed by atoms with Crippen molar-refractivity contribution in [3.8, 4) is 0 Å². The zero-order valence-corrected chi connectivity index (χ0v) is 7.46. The van der Waals surface area contributed by atoms with Crippen LogP contribution in [-0.2, 0) is 0 Å². The average molecular weight is 288 g/mol. The topological polar surface area (TPSA) is 30.2 Å². The van der Waals surface area contributed by atoms with E-state index in [-0.39, 0.29) is 0 Å². The molecule has 0 aromatic carbocycles. The number of aromatic nitrogens is 2. The molecular weight excluding hydrogens is 285 g/mol. The Morgan fingerprint density at radius 1 is 1.71 bits per heavy atom. The van der Waals surface area contributed by atoms with Crippen molar-refractivity contribution in [1.82, 2.24) is 9.66 Å². The minimum atomic E-state index is 0.840. The van der Waals surface area contributed by atoms with E-state index in [2.05, 4.69) is 7.83 Å². The summed E-state index contributed by atoms with van der Waals surface area (Å²) in [5.41, 5.74) is 0. The zero-order valence-electron chi connectivity index (χ0n) is 3.57. The van der Waals surface area contributed by atoms with Gasteiger partial charge in [-0.1, -0.05) is 0 Å². The van der Waals surface area contributed by atoms with Crippen LogP contribution < -0.4 is 0 Å². The van der Waals surface area contributed by atoms with Gasteiger partial charge in [-0.3, -0.25) is 0 Å². The first kappa shape index (κ1) is 5.08. The quantitative estimate of drug-likeness (QED) is 0.669. The van der Waals surface area contributed by atoms with Crippen molar-refractivity contribution in [2.75, 3.05) is 0 Å². The second-order valence-corrected chi connectivity index (χ2v) is 1.82. The Balaban J connectivity index is 2.96. The molecule has 0 N–H and O–H groups in total. The standard InChI is InChI=1S/C3H3N3.Pb/c4-6-2-1-5-3-6;/h1-3H;. The van der Waals surface area contributed by atoms with Crippen molar-refractivity contribution < 1.29 is 0 Å². The molecule has 0 fully saturated rings. The summed E-state index contributed by atoms with van der Waals surface area (Å²) in [4.78, 5) is 3.78. The molecule has 1 aromatic heterocycles. The molecule has 0 spiro atoms. The molecule has 0 aliphatic heterocycles. The van der Waals surface area contributed by atoms with E-state index in [9.17, 15) is 0 Å². The summed E-state index contributed by atoms with van der Waals surface area (Å²) in [5, 5.41) is 0. The first-order chi connectivity index (χ1) is 3.43. The molecule has 0 saturated carbocycles. The van der Waals surface area contributed by atoms with E-state index in [0.29, 0.717) is 0 Å². The van der Waals surface area contributed by atoms with Gasteiger partial charge in [-0.2, -0.15) is 0 Å². The summed E-state index contributed by atoms with van der Waals surface area (Å²) < 4.78 is 5.62. The predicted octanol–water partition coefficient (Wildman–Crippen LogP) is -0.00170. The summed E-state index contributed by atoms with van der Waals surface area (Å²) in [6.07, 6.45) is 5.20. The van der Waals surface area contributed by atoms with Crippen LogP contribution in [0, 0.1) is 0 Å². The van der Waals surface area contributed by atoms with Crippen molar-refractivity contribution in [3.63, 3.8) is 0 Å². The summed E-state index contributed by atoms with van der Waals surface area (Å²) in [7, 11) is 0. The van der Waals surface area contributed by atoms with Gasteiger partial charge in [0.05, 0.1) is 0 Å². The zero-order chi connectivity index (χ0) is 5.11. The first-order valence-electron chi connectivity index (χ1n) is 1.79. The number of imidazole rings is 1. The van der Waals surface area contributed by atoms with Crippen LogP contribution in [0.1, 0.15) is 0 Å². The monoisotopic (exact) mass is 289 g/mol. The molecule has 34 valence electrons. The van der Waals surface area contributed by atoms with Crippen molar-refractivity contribution >= 4 is 25.6 Å². The van der Waals surface area contributed by atoms with Gasteiger partial charge in [-0.15, -0.1) is 0 Å². The SMILES string of the molecule is [Pb]=[N]n1ccnc1. The molecule has 2 radical (unpaired) electrons. The molecule has 1 heterocycles. The molecule has 1 aromatic rings. The molecule has 0 amide bonds. The molecule has 0 unspecified atom stereocenters. The Labute approximate surface area is 57.0 Å². The van der Waals surface area contributed by atoms with Gasteiger partial charge in [0.25, 0.3) is 0 Å².